The topological polar surface area (TPSA) is 16.4 Å². The van der Waals surface area contributed by atoms with E-state index in [4.69, 9.17) is 4.42 Å². The van der Waals surface area contributed by atoms with Crippen molar-refractivity contribution in [2.75, 3.05) is 4.90 Å². The van der Waals surface area contributed by atoms with Crippen molar-refractivity contribution in [2.45, 2.75) is 19.3 Å². The summed E-state index contributed by atoms with van der Waals surface area (Å²) in [5, 5.41) is 4.56. The van der Waals surface area contributed by atoms with Crippen molar-refractivity contribution >= 4 is 49.8 Å². The summed E-state index contributed by atoms with van der Waals surface area (Å²) in [6, 6.07) is 72.5. The third-order valence-electron chi connectivity index (χ3n) is 12.1. The molecule has 2 nitrogen and oxygen atoms in total. The molecule has 2 heteroatoms. The van der Waals surface area contributed by atoms with Gasteiger partial charge < -0.3 is 9.32 Å². The minimum absolute atomic E-state index is 0.118. The first-order valence-corrected chi connectivity index (χ1v) is 19.8. The molecule has 9 aromatic carbocycles. The van der Waals surface area contributed by atoms with Gasteiger partial charge in [0, 0.05) is 38.6 Å². The van der Waals surface area contributed by atoms with E-state index in [1.165, 1.54) is 49.9 Å². The van der Waals surface area contributed by atoms with Gasteiger partial charge in [-0.3, -0.25) is 0 Å². The van der Waals surface area contributed by atoms with Gasteiger partial charge in [0.25, 0.3) is 0 Å². The van der Waals surface area contributed by atoms with Crippen LogP contribution in [0.2, 0.25) is 0 Å². The molecule has 10 aromatic rings. The third kappa shape index (κ3) is 5.33. The van der Waals surface area contributed by atoms with Crippen LogP contribution in [0.25, 0.3) is 77.2 Å². The number of hydrogen-bond donors (Lipinski definition) is 0. The Morgan fingerprint density at radius 3 is 1.77 bits per heavy atom. The van der Waals surface area contributed by atoms with Gasteiger partial charge in [0.2, 0.25) is 0 Å². The predicted octanol–water partition coefficient (Wildman–Crippen LogP) is 15.5. The van der Waals surface area contributed by atoms with E-state index in [1.54, 1.807) is 0 Å². The van der Waals surface area contributed by atoms with E-state index in [9.17, 15) is 0 Å². The van der Waals surface area contributed by atoms with Gasteiger partial charge in [0.1, 0.15) is 11.2 Å². The summed E-state index contributed by atoms with van der Waals surface area (Å²) in [5.41, 5.74) is 17.5. The van der Waals surface area contributed by atoms with E-state index in [0.29, 0.717) is 0 Å². The maximum absolute atomic E-state index is 6.76. The minimum atomic E-state index is -0.118. The molecule has 0 saturated carbocycles. The van der Waals surface area contributed by atoms with Crippen LogP contribution in [0.3, 0.4) is 0 Å². The molecule has 1 heterocycles. The van der Waals surface area contributed by atoms with Crippen LogP contribution in [-0.4, -0.2) is 0 Å². The summed E-state index contributed by atoms with van der Waals surface area (Å²) >= 11 is 0. The summed E-state index contributed by atoms with van der Waals surface area (Å²) in [6.07, 6.45) is 0. The van der Waals surface area contributed by atoms with Crippen molar-refractivity contribution in [3.63, 3.8) is 0 Å². The van der Waals surface area contributed by atoms with Crippen molar-refractivity contribution in [1.82, 2.24) is 0 Å². The Morgan fingerprint density at radius 1 is 0.368 bits per heavy atom. The highest BCUT2D eigenvalue weighted by Crippen LogP contribution is 2.51. The van der Waals surface area contributed by atoms with Gasteiger partial charge in [-0.05, 0) is 110 Å². The highest BCUT2D eigenvalue weighted by Gasteiger charge is 2.35. The van der Waals surface area contributed by atoms with Crippen molar-refractivity contribution in [3.05, 3.63) is 211 Å². The summed E-state index contributed by atoms with van der Waals surface area (Å²) in [5.74, 6) is 0. The largest absolute Gasteiger partial charge is 0.455 e. The predicted molar refractivity (Wildman–Crippen MR) is 240 cm³/mol. The lowest BCUT2D eigenvalue weighted by molar-refractivity contribution is 0.660. The summed E-state index contributed by atoms with van der Waals surface area (Å²) in [6.45, 7) is 4.70. The Labute approximate surface area is 332 Å². The standard InChI is InChI=1S/C55H39NO/c1-55(2)50-25-12-11-22-45(50)46-32-31-42(34-51(46)55)56(40-29-27-37(28-30-40)36-15-5-3-6-16-36)41-20-13-19-39(33-41)43-24-14-26-52-53(43)49-35-48(38-17-7-4-8-18-38)44-21-9-10-23-47(44)54(49)57-52/h3-35H,1-2H3. The second kappa shape index (κ2) is 13.0. The molecule has 1 aliphatic carbocycles. The molecule has 1 aliphatic rings. The fraction of sp³-hybridized carbons (Fsp3) is 0.0545. The Kier molecular flexibility index (Phi) is 7.55. The normalized spacial score (nSPS) is 12.9. The highest BCUT2D eigenvalue weighted by atomic mass is 16.3. The fourth-order valence-corrected chi connectivity index (χ4v) is 9.27. The van der Waals surface area contributed by atoms with Gasteiger partial charge in [-0.25, -0.2) is 0 Å². The van der Waals surface area contributed by atoms with Crippen LogP contribution in [-0.2, 0) is 5.41 Å². The molecule has 0 bridgehead atoms. The molecule has 0 amide bonds. The number of anilines is 3. The number of rotatable bonds is 6. The number of hydrogen-bond acceptors (Lipinski definition) is 2. The van der Waals surface area contributed by atoms with Crippen LogP contribution in [0.15, 0.2) is 205 Å². The quantitative estimate of drug-likeness (QED) is 0.169. The Balaban J connectivity index is 1.10. The zero-order chi connectivity index (χ0) is 38.1. The molecule has 1 aromatic heterocycles. The zero-order valence-electron chi connectivity index (χ0n) is 31.9. The van der Waals surface area contributed by atoms with E-state index in [2.05, 4.69) is 219 Å². The second-order valence-corrected chi connectivity index (χ2v) is 15.7. The lowest BCUT2D eigenvalue weighted by atomic mass is 9.82. The first-order valence-electron chi connectivity index (χ1n) is 19.8. The summed E-state index contributed by atoms with van der Waals surface area (Å²) in [4.78, 5) is 2.41. The molecule has 11 rings (SSSR count). The van der Waals surface area contributed by atoms with Gasteiger partial charge >= 0.3 is 0 Å². The van der Waals surface area contributed by atoms with Crippen molar-refractivity contribution in [1.29, 1.82) is 0 Å². The van der Waals surface area contributed by atoms with Gasteiger partial charge in [-0.15, -0.1) is 0 Å². The molecule has 0 fully saturated rings. The van der Waals surface area contributed by atoms with E-state index in [-0.39, 0.29) is 5.41 Å². The second-order valence-electron chi connectivity index (χ2n) is 15.7. The Morgan fingerprint density at radius 2 is 0.965 bits per heavy atom. The van der Waals surface area contributed by atoms with Crippen LogP contribution >= 0.6 is 0 Å². The van der Waals surface area contributed by atoms with Crippen LogP contribution in [0.5, 0.6) is 0 Å². The molecule has 270 valence electrons. The monoisotopic (exact) mass is 729 g/mol. The zero-order valence-corrected chi connectivity index (χ0v) is 31.9. The minimum Gasteiger partial charge on any atom is -0.455 e. The van der Waals surface area contributed by atoms with E-state index in [0.717, 1.165) is 55.5 Å². The Hall–Kier alpha value is -7.16. The molecule has 0 spiro atoms. The molecular weight excluding hydrogens is 691 g/mol. The van der Waals surface area contributed by atoms with Gasteiger partial charge in [0.05, 0.1) is 0 Å². The van der Waals surface area contributed by atoms with Crippen LogP contribution in [0, 0.1) is 0 Å². The molecule has 0 unspecified atom stereocenters. The van der Waals surface area contributed by atoms with Crippen molar-refractivity contribution < 1.29 is 4.42 Å². The lowest BCUT2D eigenvalue weighted by Gasteiger charge is -2.28. The maximum atomic E-state index is 6.76. The molecule has 57 heavy (non-hydrogen) atoms. The number of fused-ring (bicyclic) bond motifs is 8. The van der Waals surface area contributed by atoms with E-state index >= 15 is 0 Å². The smallest absolute Gasteiger partial charge is 0.143 e. The number of nitrogens with zero attached hydrogens (tertiary/aromatic N) is 1. The molecule has 0 saturated heterocycles. The molecular formula is C55H39NO. The van der Waals surface area contributed by atoms with E-state index in [1.807, 2.05) is 0 Å². The number of furan rings is 1. The molecule has 0 aliphatic heterocycles. The van der Waals surface area contributed by atoms with Crippen LogP contribution in [0.4, 0.5) is 17.1 Å². The first kappa shape index (κ1) is 33.2. The highest BCUT2D eigenvalue weighted by molar-refractivity contribution is 6.22. The van der Waals surface area contributed by atoms with Gasteiger partial charge in [-0.1, -0.05) is 166 Å². The summed E-state index contributed by atoms with van der Waals surface area (Å²) in [7, 11) is 0. The van der Waals surface area contributed by atoms with Crippen molar-refractivity contribution in [3.8, 4) is 44.5 Å². The maximum Gasteiger partial charge on any atom is 0.143 e. The fourth-order valence-electron chi connectivity index (χ4n) is 9.27. The SMILES string of the molecule is CC1(C)c2ccccc2-c2ccc(N(c3ccc(-c4ccccc4)cc3)c3cccc(-c4cccc5oc6c7ccccc7c(-c7ccccc7)cc6c45)c3)cc21. The van der Waals surface area contributed by atoms with Gasteiger partial charge in [0.15, 0.2) is 0 Å². The average molecular weight is 730 g/mol. The van der Waals surface area contributed by atoms with Crippen molar-refractivity contribution in [2.24, 2.45) is 0 Å². The van der Waals surface area contributed by atoms with Gasteiger partial charge in [-0.2, -0.15) is 0 Å². The molecule has 0 N–H and O–H groups in total. The van der Waals surface area contributed by atoms with Crippen LogP contribution < -0.4 is 4.90 Å². The molecule has 0 atom stereocenters. The number of benzene rings is 9. The van der Waals surface area contributed by atoms with E-state index < -0.39 is 0 Å². The first-order chi connectivity index (χ1) is 28.0. The van der Waals surface area contributed by atoms with Crippen LogP contribution in [0.1, 0.15) is 25.0 Å². The third-order valence-corrected chi connectivity index (χ3v) is 12.1. The molecule has 0 radical (unpaired) electrons. The average Bonchev–Trinajstić information content (AvgIpc) is 3.76. The lowest BCUT2D eigenvalue weighted by Crippen LogP contribution is -2.16. The summed E-state index contributed by atoms with van der Waals surface area (Å²) < 4.78 is 6.76. The Bertz CT molecular complexity index is 3140.